The Hall–Kier alpha value is -0.770. The van der Waals surface area contributed by atoms with Gasteiger partial charge in [-0.3, -0.25) is 0 Å². The first-order valence-corrected chi connectivity index (χ1v) is 8.03. The van der Waals surface area contributed by atoms with Crippen molar-refractivity contribution in [1.82, 2.24) is 10.2 Å². The first-order chi connectivity index (χ1) is 9.39. The summed E-state index contributed by atoms with van der Waals surface area (Å²) in [5.41, 5.74) is -0.408. The lowest BCUT2D eigenvalue weighted by molar-refractivity contribution is 0.0175. The molecule has 0 aromatic carbocycles. The third-order valence-corrected chi connectivity index (χ3v) is 3.46. The topological polar surface area (TPSA) is 41.6 Å². The molecule has 1 N–H and O–H groups in total. The number of carbonyl (C=O) groups is 1. The minimum Gasteiger partial charge on any atom is -0.444 e. The average Bonchev–Trinajstić information content (AvgIpc) is 2.85. The van der Waals surface area contributed by atoms with Crippen molar-refractivity contribution in [3.05, 3.63) is 0 Å². The van der Waals surface area contributed by atoms with Crippen LogP contribution in [0, 0.1) is 5.92 Å². The Bertz CT molecular complexity index is 274. The van der Waals surface area contributed by atoms with E-state index in [1.807, 2.05) is 46.6 Å². The van der Waals surface area contributed by atoms with Gasteiger partial charge in [0, 0.05) is 12.6 Å². The Morgan fingerprint density at radius 3 is 2.45 bits per heavy atom. The van der Waals surface area contributed by atoms with Crippen LogP contribution < -0.4 is 5.32 Å². The molecule has 0 saturated carbocycles. The number of carbonyl (C=O) groups excluding carboxylic acids is 1. The summed E-state index contributed by atoms with van der Waals surface area (Å²) in [6.07, 6.45) is 3.12. The molecule has 1 heterocycles. The Kier molecular flexibility index (Phi) is 8.86. The van der Waals surface area contributed by atoms with E-state index < -0.39 is 5.60 Å². The number of nitrogens with zero attached hydrogens (tertiary/aromatic N) is 1. The van der Waals surface area contributed by atoms with Gasteiger partial charge < -0.3 is 15.0 Å². The molecular formula is C16H34N2O2. The summed E-state index contributed by atoms with van der Waals surface area (Å²) in [5, 5.41) is 3.22. The van der Waals surface area contributed by atoms with Crippen molar-refractivity contribution in [2.24, 2.45) is 5.92 Å². The molecule has 1 saturated heterocycles. The second kappa shape index (κ2) is 9.22. The van der Waals surface area contributed by atoms with Crippen LogP contribution in [0.5, 0.6) is 0 Å². The fourth-order valence-corrected chi connectivity index (χ4v) is 2.64. The highest BCUT2D eigenvalue weighted by molar-refractivity contribution is 5.69. The number of likely N-dealkylation sites (tertiary alicyclic amines) is 1. The highest BCUT2D eigenvalue weighted by Crippen LogP contribution is 2.27. The minimum atomic E-state index is -0.408. The average molecular weight is 286 g/mol. The lowest BCUT2D eigenvalue weighted by atomic mass is 9.95. The zero-order valence-corrected chi connectivity index (χ0v) is 14.5. The molecule has 1 aliphatic rings. The van der Waals surface area contributed by atoms with Crippen molar-refractivity contribution < 1.29 is 9.53 Å². The standard InChI is InChI=1S/C14H28N2O2.C2H6/c1-6-11(10-15-5)12-8-7-9-16(12)13(17)18-14(2,3)4;1-2/h11-12,15H,6-10H2,1-5H3;1-2H3. The molecule has 2 atom stereocenters. The van der Waals surface area contributed by atoms with E-state index >= 15 is 0 Å². The maximum atomic E-state index is 12.2. The van der Waals surface area contributed by atoms with E-state index in [-0.39, 0.29) is 6.09 Å². The van der Waals surface area contributed by atoms with Gasteiger partial charge in [0.1, 0.15) is 5.60 Å². The van der Waals surface area contributed by atoms with Crippen molar-refractivity contribution in [1.29, 1.82) is 0 Å². The van der Waals surface area contributed by atoms with Gasteiger partial charge in [0.05, 0.1) is 0 Å². The Morgan fingerprint density at radius 1 is 1.40 bits per heavy atom. The van der Waals surface area contributed by atoms with Gasteiger partial charge in [0.15, 0.2) is 0 Å². The molecule has 1 amide bonds. The molecule has 0 aliphatic carbocycles. The lowest BCUT2D eigenvalue weighted by Gasteiger charge is -2.32. The molecule has 4 heteroatoms. The first-order valence-electron chi connectivity index (χ1n) is 8.03. The molecule has 0 spiro atoms. The van der Waals surface area contributed by atoms with Crippen LogP contribution in [0.2, 0.25) is 0 Å². The molecule has 0 bridgehead atoms. The number of hydrogen-bond acceptors (Lipinski definition) is 3. The third kappa shape index (κ3) is 6.12. The molecule has 0 aromatic rings. The van der Waals surface area contributed by atoms with Crippen LogP contribution in [0.1, 0.15) is 60.8 Å². The Balaban J connectivity index is 0.00000172. The van der Waals surface area contributed by atoms with Gasteiger partial charge >= 0.3 is 6.09 Å². The van der Waals surface area contributed by atoms with Gasteiger partial charge in [-0.25, -0.2) is 4.79 Å². The normalized spacial score (nSPS) is 20.1. The van der Waals surface area contributed by atoms with Crippen molar-refractivity contribution >= 4 is 6.09 Å². The van der Waals surface area contributed by atoms with Gasteiger partial charge in [-0.15, -0.1) is 0 Å². The van der Waals surface area contributed by atoms with E-state index in [1.165, 1.54) is 0 Å². The summed E-state index contributed by atoms with van der Waals surface area (Å²) in [7, 11) is 1.97. The van der Waals surface area contributed by atoms with Gasteiger partial charge in [0.25, 0.3) is 0 Å². The predicted octanol–water partition coefficient (Wildman–Crippen LogP) is 3.66. The molecule has 0 radical (unpaired) electrons. The lowest BCUT2D eigenvalue weighted by Crippen LogP contribution is -2.45. The van der Waals surface area contributed by atoms with Crippen molar-refractivity contribution in [2.45, 2.75) is 72.4 Å². The summed E-state index contributed by atoms with van der Waals surface area (Å²) >= 11 is 0. The van der Waals surface area contributed by atoms with Crippen molar-refractivity contribution in [3.8, 4) is 0 Å². The van der Waals surface area contributed by atoms with Gasteiger partial charge in [-0.2, -0.15) is 0 Å². The maximum absolute atomic E-state index is 12.2. The number of rotatable bonds is 4. The van der Waals surface area contributed by atoms with E-state index in [9.17, 15) is 4.79 Å². The summed E-state index contributed by atoms with van der Waals surface area (Å²) < 4.78 is 5.49. The van der Waals surface area contributed by atoms with Crippen LogP contribution in [0.15, 0.2) is 0 Å². The SMILES string of the molecule is CC.CCC(CNC)C1CCCN1C(=O)OC(C)(C)C. The fourth-order valence-electron chi connectivity index (χ4n) is 2.64. The number of ether oxygens (including phenoxy) is 1. The number of amides is 1. The molecule has 0 aromatic heterocycles. The van der Waals surface area contributed by atoms with Gasteiger partial charge in [0.2, 0.25) is 0 Å². The Morgan fingerprint density at radius 2 is 2.00 bits per heavy atom. The largest absolute Gasteiger partial charge is 0.444 e. The van der Waals surface area contributed by atoms with Crippen LogP contribution in [-0.4, -0.2) is 42.8 Å². The molecule has 1 fully saturated rings. The molecule has 1 rings (SSSR count). The predicted molar refractivity (Wildman–Crippen MR) is 85.0 cm³/mol. The summed E-state index contributed by atoms with van der Waals surface area (Å²) in [6.45, 7) is 13.7. The van der Waals surface area contributed by atoms with Crippen LogP contribution >= 0.6 is 0 Å². The van der Waals surface area contributed by atoms with Crippen molar-refractivity contribution in [3.63, 3.8) is 0 Å². The number of hydrogen-bond donors (Lipinski definition) is 1. The summed E-state index contributed by atoms with van der Waals surface area (Å²) in [5.74, 6) is 0.519. The van der Waals surface area contributed by atoms with Gasteiger partial charge in [-0.1, -0.05) is 27.2 Å². The van der Waals surface area contributed by atoms with Crippen LogP contribution in [0.3, 0.4) is 0 Å². The molecule has 4 nitrogen and oxygen atoms in total. The van der Waals surface area contributed by atoms with Crippen molar-refractivity contribution in [2.75, 3.05) is 20.1 Å². The zero-order valence-electron chi connectivity index (χ0n) is 14.5. The molecule has 120 valence electrons. The zero-order chi connectivity index (χ0) is 15.8. The fraction of sp³-hybridized carbons (Fsp3) is 0.938. The molecule has 20 heavy (non-hydrogen) atoms. The van der Waals surface area contributed by atoms with E-state index in [0.29, 0.717) is 12.0 Å². The van der Waals surface area contributed by atoms with Crippen LogP contribution in [0.4, 0.5) is 4.79 Å². The molecule has 2 unspecified atom stereocenters. The second-order valence-corrected chi connectivity index (χ2v) is 6.11. The first kappa shape index (κ1) is 19.2. The van der Waals surface area contributed by atoms with E-state index in [0.717, 1.165) is 32.4 Å². The van der Waals surface area contributed by atoms with E-state index in [4.69, 9.17) is 4.74 Å². The third-order valence-electron chi connectivity index (χ3n) is 3.46. The molecular weight excluding hydrogens is 252 g/mol. The maximum Gasteiger partial charge on any atom is 0.410 e. The quantitative estimate of drug-likeness (QED) is 0.857. The summed E-state index contributed by atoms with van der Waals surface area (Å²) in [6, 6.07) is 0.331. The second-order valence-electron chi connectivity index (χ2n) is 6.11. The molecule has 1 aliphatic heterocycles. The highest BCUT2D eigenvalue weighted by Gasteiger charge is 2.35. The van der Waals surface area contributed by atoms with E-state index in [2.05, 4.69) is 12.2 Å². The monoisotopic (exact) mass is 286 g/mol. The van der Waals surface area contributed by atoms with Crippen LogP contribution in [-0.2, 0) is 4.74 Å². The van der Waals surface area contributed by atoms with Gasteiger partial charge in [-0.05, 0) is 53.1 Å². The highest BCUT2D eigenvalue weighted by atomic mass is 16.6. The van der Waals surface area contributed by atoms with E-state index in [1.54, 1.807) is 0 Å². The minimum absolute atomic E-state index is 0.153. The smallest absolute Gasteiger partial charge is 0.410 e. The van der Waals surface area contributed by atoms with Crippen LogP contribution in [0.25, 0.3) is 0 Å². The summed E-state index contributed by atoms with van der Waals surface area (Å²) in [4.78, 5) is 14.1. The number of nitrogens with one attached hydrogen (secondary N) is 1. The Labute approximate surface area is 125 Å².